The molecule has 19 nitrogen and oxygen atoms in total. The Bertz CT molecular complexity index is 2020. The third-order valence-electron chi connectivity index (χ3n) is 22.8. The zero-order chi connectivity index (χ0) is 77.4. The minimum absolute atomic E-state index is 0.241. The number of hydrogen-bond acceptors (Lipinski definition) is 18. The summed E-state index contributed by atoms with van der Waals surface area (Å²) in [5.74, 6) is -0.276. The van der Waals surface area contributed by atoms with Gasteiger partial charge in [-0.2, -0.15) is 0 Å². The lowest BCUT2D eigenvalue weighted by molar-refractivity contribution is -0.379. The van der Waals surface area contributed by atoms with Crippen molar-refractivity contribution in [1.29, 1.82) is 0 Å². The number of rotatable bonds is 74. The molecule has 107 heavy (non-hydrogen) atoms. The van der Waals surface area contributed by atoms with E-state index in [1.807, 2.05) is 6.08 Å². The highest BCUT2D eigenvalue weighted by Gasteiger charge is 2.54. The van der Waals surface area contributed by atoms with Crippen LogP contribution in [0.3, 0.4) is 0 Å². The van der Waals surface area contributed by atoms with E-state index in [0.717, 1.165) is 38.5 Å². The summed E-state index contributed by atoms with van der Waals surface area (Å²) in [6, 6.07) is -0.989. The van der Waals surface area contributed by atoms with Crippen molar-refractivity contribution in [1.82, 2.24) is 5.32 Å². The van der Waals surface area contributed by atoms with Gasteiger partial charge in [0.2, 0.25) is 5.91 Å². The van der Waals surface area contributed by atoms with Gasteiger partial charge >= 0.3 is 0 Å². The minimum Gasteiger partial charge on any atom is -0.394 e. The van der Waals surface area contributed by atoms with Gasteiger partial charge in [-0.25, -0.2) is 0 Å². The van der Waals surface area contributed by atoms with Gasteiger partial charge in [0.15, 0.2) is 18.9 Å². The first kappa shape index (κ1) is 99.5. The topological polar surface area (TPSA) is 307 Å². The molecule has 12 N–H and O–H groups in total. The van der Waals surface area contributed by atoms with E-state index in [1.165, 1.54) is 327 Å². The number of aliphatic hydroxyl groups is 11. The smallest absolute Gasteiger partial charge is 0.220 e. The van der Waals surface area contributed by atoms with Crippen LogP contribution < -0.4 is 5.32 Å². The van der Waals surface area contributed by atoms with E-state index in [1.54, 1.807) is 6.08 Å². The fourth-order valence-electron chi connectivity index (χ4n) is 15.6. The maximum atomic E-state index is 13.5. The minimum atomic E-state index is -1.98. The van der Waals surface area contributed by atoms with Gasteiger partial charge in [0.1, 0.15) is 73.2 Å². The first-order chi connectivity index (χ1) is 52.3. The van der Waals surface area contributed by atoms with Crippen molar-refractivity contribution in [3.63, 3.8) is 0 Å². The van der Waals surface area contributed by atoms with Gasteiger partial charge < -0.3 is 89.9 Å². The Morgan fingerprint density at radius 3 is 0.935 bits per heavy atom. The van der Waals surface area contributed by atoms with Gasteiger partial charge in [-0.05, 0) is 32.1 Å². The Labute approximate surface area is 651 Å². The number of nitrogens with one attached hydrogen (secondary N) is 1. The van der Waals surface area contributed by atoms with E-state index in [2.05, 4.69) is 31.3 Å². The molecule has 17 atom stereocenters. The maximum absolute atomic E-state index is 13.5. The predicted octanol–water partition coefficient (Wildman–Crippen LogP) is 16.9. The van der Waals surface area contributed by atoms with E-state index in [0.29, 0.717) is 12.8 Å². The molecule has 0 spiro atoms. The molecule has 19 heteroatoms. The summed E-state index contributed by atoms with van der Waals surface area (Å²) in [4.78, 5) is 13.5. The van der Waals surface area contributed by atoms with E-state index in [-0.39, 0.29) is 18.9 Å². The first-order valence-electron chi connectivity index (χ1n) is 45.1. The maximum Gasteiger partial charge on any atom is 0.220 e. The zero-order valence-electron chi connectivity index (χ0n) is 68.2. The van der Waals surface area contributed by atoms with Gasteiger partial charge in [0.25, 0.3) is 0 Å². The summed E-state index contributed by atoms with van der Waals surface area (Å²) in [6.07, 6.45) is 59.2. The van der Waals surface area contributed by atoms with Crippen LogP contribution in [0.1, 0.15) is 399 Å². The monoisotopic (exact) mass is 1530 g/mol. The lowest BCUT2D eigenvalue weighted by Crippen LogP contribution is -2.66. The van der Waals surface area contributed by atoms with Crippen molar-refractivity contribution >= 4 is 5.91 Å². The van der Waals surface area contributed by atoms with E-state index in [4.69, 9.17) is 28.4 Å². The molecule has 0 saturated carbocycles. The summed E-state index contributed by atoms with van der Waals surface area (Å²) in [7, 11) is 0. The quantitative estimate of drug-likeness (QED) is 0.0199. The van der Waals surface area contributed by atoms with Crippen molar-refractivity contribution in [3.8, 4) is 0 Å². The molecule has 3 fully saturated rings. The van der Waals surface area contributed by atoms with Crippen LogP contribution in [0.2, 0.25) is 0 Å². The summed E-state index contributed by atoms with van der Waals surface area (Å²) in [5.41, 5.74) is 0. The molecule has 1 amide bonds. The van der Waals surface area contributed by atoms with Gasteiger partial charge in [0, 0.05) is 6.42 Å². The highest BCUT2D eigenvalue weighted by atomic mass is 16.8. The molecule has 0 aromatic rings. The number of ether oxygens (including phenoxy) is 6. The Balaban J connectivity index is 1.34. The number of allylic oxidation sites excluding steroid dienone is 3. The number of aliphatic hydroxyl groups excluding tert-OH is 11. The second kappa shape index (κ2) is 68.7. The van der Waals surface area contributed by atoms with Crippen LogP contribution in [-0.4, -0.2) is 193 Å². The highest BCUT2D eigenvalue weighted by molar-refractivity contribution is 5.76. The van der Waals surface area contributed by atoms with Crippen molar-refractivity contribution < 1.29 is 89.4 Å². The molecule has 0 aliphatic carbocycles. The normalized spacial score (nSPS) is 25.6. The molecule has 0 bridgehead atoms. The lowest BCUT2D eigenvalue weighted by atomic mass is 9.96. The molecule has 17 unspecified atom stereocenters. The Morgan fingerprint density at radius 1 is 0.327 bits per heavy atom. The van der Waals surface area contributed by atoms with Gasteiger partial charge in [-0.15, -0.1) is 0 Å². The van der Waals surface area contributed by atoms with Crippen LogP contribution >= 0.6 is 0 Å². The fourth-order valence-corrected chi connectivity index (χ4v) is 15.6. The molecule has 0 aromatic heterocycles. The van der Waals surface area contributed by atoms with Gasteiger partial charge in [-0.3, -0.25) is 4.79 Å². The van der Waals surface area contributed by atoms with E-state index >= 15 is 0 Å². The molecule has 3 heterocycles. The molecular formula is C88H167NO18. The molecule has 3 aliphatic rings. The van der Waals surface area contributed by atoms with Gasteiger partial charge in [-0.1, -0.05) is 385 Å². The average Bonchev–Trinajstić information content (AvgIpc) is 0.781. The number of carbonyl (C=O) groups is 1. The zero-order valence-corrected chi connectivity index (χ0v) is 68.2. The van der Waals surface area contributed by atoms with Crippen molar-refractivity contribution in [2.75, 3.05) is 26.4 Å². The molecule has 0 aromatic carbocycles. The van der Waals surface area contributed by atoms with Crippen LogP contribution in [0.25, 0.3) is 0 Å². The standard InChI is InChI=1S/C88H167NO18/c1-3-5-7-9-11-13-15-17-19-21-23-25-27-29-31-33-35-36-37-39-41-43-45-47-49-51-53-55-57-59-61-63-65-72(93)71(89-76(94)66-64-62-60-58-56-54-52-50-48-46-44-42-40-38-34-32-30-28-26-24-22-20-18-16-14-12-10-8-6-4-2)70-102-86-82(100)79(97)84(74(68-91)104-86)107-88-83(101)80(98)85(75(69-92)105-88)106-87-81(99)78(96)77(95)73(67-90)103-87/h55,57,63,65,71-75,77-88,90-93,95-101H,3-54,56,58-62,64,66-70H2,1-2H3,(H,89,94)/b57-55+,65-63+. The predicted molar refractivity (Wildman–Crippen MR) is 430 cm³/mol. The van der Waals surface area contributed by atoms with E-state index in [9.17, 15) is 61.0 Å². The number of carbonyl (C=O) groups excluding carboxylic acids is 1. The number of hydrogen-bond donors (Lipinski definition) is 12. The fraction of sp³-hybridized carbons (Fsp3) is 0.943. The van der Waals surface area contributed by atoms with Crippen molar-refractivity contribution in [2.45, 2.75) is 503 Å². The summed E-state index contributed by atoms with van der Waals surface area (Å²) in [5, 5.41) is 121. The largest absolute Gasteiger partial charge is 0.394 e. The summed E-state index contributed by atoms with van der Waals surface area (Å²) >= 11 is 0. The van der Waals surface area contributed by atoms with Crippen LogP contribution in [0.5, 0.6) is 0 Å². The third kappa shape index (κ3) is 47.7. The molecule has 0 radical (unpaired) electrons. The number of unbranched alkanes of at least 4 members (excludes halogenated alkanes) is 56. The first-order valence-corrected chi connectivity index (χ1v) is 45.1. The van der Waals surface area contributed by atoms with Crippen LogP contribution in [0.15, 0.2) is 24.3 Å². The second-order valence-electron chi connectivity index (χ2n) is 32.4. The third-order valence-corrected chi connectivity index (χ3v) is 22.8. The average molecular weight is 1530 g/mol. The number of amides is 1. The lowest BCUT2D eigenvalue weighted by Gasteiger charge is -2.48. The molecule has 632 valence electrons. The van der Waals surface area contributed by atoms with Crippen LogP contribution in [0.4, 0.5) is 0 Å². The Hall–Kier alpha value is -1.73. The van der Waals surface area contributed by atoms with Crippen LogP contribution in [0, 0.1) is 0 Å². The summed E-state index contributed by atoms with van der Waals surface area (Å²) in [6.45, 7) is 1.80. The van der Waals surface area contributed by atoms with E-state index < -0.39 is 124 Å². The molecular weight excluding hydrogens is 1360 g/mol. The highest BCUT2D eigenvalue weighted by Crippen LogP contribution is 2.34. The SMILES string of the molecule is CCCCCCCCCCCCCCCCCCCCCCCCCCCC/C=C/CC/C=C/C(O)C(COC1OC(CO)C(OC2OC(CO)C(OC3OC(CO)C(O)C(O)C3O)C(O)C2O)C(O)C1O)NC(=O)CCCCCCCCCCCCCCCCCCCCCCCCCCCCCCCC. The second-order valence-corrected chi connectivity index (χ2v) is 32.4. The molecule has 3 rings (SSSR count). The van der Waals surface area contributed by atoms with Crippen LogP contribution in [-0.2, 0) is 33.2 Å². The molecule has 3 saturated heterocycles. The Morgan fingerprint density at radius 2 is 0.598 bits per heavy atom. The summed E-state index contributed by atoms with van der Waals surface area (Å²) < 4.78 is 34.5. The van der Waals surface area contributed by atoms with Gasteiger partial charge in [0.05, 0.1) is 38.6 Å². The van der Waals surface area contributed by atoms with Crippen molar-refractivity contribution in [2.24, 2.45) is 0 Å². The Kier molecular flexibility index (Phi) is 63.8. The molecule has 3 aliphatic heterocycles. The van der Waals surface area contributed by atoms with Crippen molar-refractivity contribution in [3.05, 3.63) is 24.3 Å².